The van der Waals surface area contributed by atoms with Gasteiger partial charge in [-0.15, -0.1) is 0 Å². The number of aliphatic hydroxyl groups excluding tert-OH is 1. The Kier molecular flexibility index (Phi) is 4.05. The van der Waals surface area contributed by atoms with Crippen LogP contribution >= 0.6 is 0 Å². The van der Waals surface area contributed by atoms with E-state index in [0.29, 0.717) is 0 Å². The number of hydrogen-bond donors (Lipinski definition) is 2. The second-order valence-corrected chi connectivity index (χ2v) is 1.90. The van der Waals surface area contributed by atoms with Crippen LogP contribution < -0.4 is 5.73 Å². The molecule has 1 amide bonds. The molecule has 3 nitrogen and oxygen atoms in total. The van der Waals surface area contributed by atoms with Crippen LogP contribution in [0.4, 0.5) is 0 Å². The predicted molar refractivity (Wildman–Crippen MR) is 34.4 cm³/mol. The lowest BCUT2D eigenvalue weighted by Crippen LogP contribution is -2.16. The average Bonchev–Trinajstić information content (AvgIpc) is 1.82. The normalized spacial score (nSPS) is 10.1. The highest BCUT2D eigenvalue weighted by atomic mass is 16.3. The molecule has 0 bridgehead atoms. The maximum absolute atomic E-state index is 10.2. The molecule has 0 aromatic rings. The van der Waals surface area contributed by atoms with Gasteiger partial charge in [0.2, 0.25) is 5.91 Å². The van der Waals surface area contributed by atoms with Crippen molar-refractivity contribution in [2.24, 2.45) is 5.73 Å². The summed E-state index contributed by atoms with van der Waals surface area (Å²) in [5.41, 5.74) is 4.87. The minimum absolute atomic E-state index is 0.0283. The van der Waals surface area contributed by atoms with Gasteiger partial charge in [-0.3, -0.25) is 4.79 Å². The van der Waals surface area contributed by atoms with E-state index in [-0.39, 0.29) is 18.9 Å². The third kappa shape index (κ3) is 3.97. The highest BCUT2D eigenvalue weighted by Gasteiger charge is 2.07. The van der Waals surface area contributed by atoms with Gasteiger partial charge in [0.15, 0.2) is 0 Å². The molecule has 0 spiro atoms. The van der Waals surface area contributed by atoms with Gasteiger partial charge >= 0.3 is 0 Å². The molecule has 0 rings (SSSR count). The summed E-state index contributed by atoms with van der Waals surface area (Å²) in [6, 6.07) is 0. The van der Waals surface area contributed by atoms with Crippen molar-refractivity contribution in [2.75, 3.05) is 6.61 Å². The molecule has 0 aromatic carbocycles. The molecule has 0 aliphatic heterocycles. The number of carbonyl (C=O) groups is 1. The molecular formula is C6H12NO2. The Hall–Kier alpha value is -0.570. The maximum Gasteiger partial charge on any atom is 0.218 e. The zero-order valence-corrected chi connectivity index (χ0v) is 5.55. The first-order chi connectivity index (χ1) is 4.20. The second-order valence-electron chi connectivity index (χ2n) is 1.90. The number of carbonyl (C=O) groups excluding carboxylic acids is 1. The third-order valence-electron chi connectivity index (χ3n) is 1.15. The number of aliphatic hydroxyl groups is 1. The Morgan fingerprint density at radius 2 is 2.22 bits per heavy atom. The minimum atomic E-state index is -0.374. The fourth-order valence-corrected chi connectivity index (χ4v) is 0.539. The molecule has 0 aliphatic rings. The van der Waals surface area contributed by atoms with Crippen molar-refractivity contribution < 1.29 is 9.90 Å². The summed E-state index contributed by atoms with van der Waals surface area (Å²) in [5.74, 6) is 0.420. The number of hydrogen-bond acceptors (Lipinski definition) is 2. The number of nitrogens with two attached hydrogens (primary N) is 1. The Morgan fingerprint density at radius 3 is 2.33 bits per heavy atom. The summed E-state index contributed by atoms with van der Waals surface area (Å²) in [4.78, 5) is 10.2. The molecule has 3 N–H and O–H groups in total. The summed E-state index contributed by atoms with van der Waals surface area (Å²) in [7, 11) is 0. The quantitative estimate of drug-likeness (QED) is 0.555. The summed E-state index contributed by atoms with van der Waals surface area (Å²) in [6.07, 6.45) is 0.937. The first-order valence-electron chi connectivity index (χ1n) is 2.93. The van der Waals surface area contributed by atoms with Crippen molar-refractivity contribution in [1.29, 1.82) is 0 Å². The van der Waals surface area contributed by atoms with Gasteiger partial charge in [0, 0.05) is 18.9 Å². The molecule has 0 aromatic heterocycles. The van der Waals surface area contributed by atoms with Gasteiger partial charge in [-0.2, -0.15) is 0 Å². The topological polar surface area (TPSA) is 63.3 Å². The first-order valence-corrected chi connectivity index (χ1v) is 2.93. The second kappa shape index (κ2) is 4.32. The Balaban J connectivity index is 3.43. The third-order valence-corrected chi connectivity index (χ3v) is 1.15. The lowest BCUT2D eigenvalue weighted by molar-refractivity contribution is -0.117. The Morgan fingerprint density at radius 1 is 1.67 bits per heavy atom. The molecule has 53 valence electrons. The molecule has 0 fully saturated rings. The van der Waals surface area contributed by atoms with E-state index in [1.807, 2.05) is 6.92 Å². The van der Waals surface area contributed by atoms with Crippen molar-refractivity contribution in [3.8, 4) is 0 Å². The van der Waals surface area contributed by atoms with Crippen molar-refractivity contribution in [3.05, 3.63) is 5.92 Å². The molecule has 3 heteroatoms. The van der Waals surface area contributed by atoms with Gasteiger partial charge < -0.3 is 10.8 Å². The fraction of sp³-hybridized carbons (Fsp3) is 0.667. The van der Waals surface area contributed by atoms with Crippen molar-refractivity contribution in [1.82, 2.24) is 0 Å². The zero-order chi connectivity index (χ0) is 7.28. The van der Waals surface area contributed by atoms with E-state index in [1.165, 1.54) is 0 Å². The highest BCUT2D eigenvalue weighted by molar-refractivity contribution is 5.75. The maximum atomic E-state index is 10.2. The monoisotopic (exact) mass is 130 g/mol. The van der Waals surface area contributed by atoms with Gasteiger partial charge in [0.05, 0.1) is 0 Å². The van der Waals surface area contributed by atoms with Gasteiger partial charge in [0.1, 0.15) is 0 Å². The number of primary amides is 1. The van der Waals surface area contributed by atoms with Crippen LogP contribution in [0.1, 0.15) is 19.8 Å². The molecule has 0 saturated carbocycles. The van der Waals surface area contributed by atoms with E-state index >= 15 is 0 Å². The minimum Gasteiger partial charge on any atom is -0.396 e. The van der Waals surface area contributed by atoms with Crippen LogP contribution in [0.25, 0.3) is 0 Å². The van der Waals surface area contributed by atoms with Crippen LogP contribution in [0, 0.1) is 5.92 Å². The zero-order valence-electron chi connectivity index (χ0n) is 5.55. The smallest absolute Gasteiger partial charge is 0.218 e. The fourth-order valence-electron chi connectivity index (χ4n) is 0.539. The van der Waals surface area contributed by atoms with Gasteiger partial charge in [-0.25, -0.2) is 0 Å². The van der Waals surface area contributed by atoms with Gasteiger partial charge in [-0.05, 0) is 6.42 Å². The number of amides is 1. The highest BCUT2D eigenvalue weighted by Crippen LogP contribution is 2.07. The predicted octanol–water partition coefficient (Wildman–Crippen LogP) is -0.161. The average molecular weight is 130 g/mol. The molecular weight excluding hydrogens is 118 g/mol. The lowest BCUT2D eigenvalue weighted by atomic mass is 10.0. The van der Waals surface area contributed by atoms with Crippen LogP contribution in [0.3, 0.4) is 0 Å². The van der Waals surface area contributed by atoms with Gasteiger partial charge in [0.25, 0.3) is 0 Å². The van der Waals surface area contributed by atoms with Crippen molar-refractivity contribution in [2.45, 2.75) is 19.8 Å². The molecule has 0 atom stereocenters. The number of rotatable bonds is 4. The van der Waals surface area contributed by atoms with Crippen LogP contribution in [-0.2, 0) is 4.79 Å². The van der Waals surface area contributed by atoms with E-state index in [9.17, 15) is 4.79 Å². The molecule has 0 aliphatic carbocycles. The molecule has 0 unspecified atom stereocenters. The Bertz CT molecular complexity index is 89.1. The van der Waals surface area contributed by atoms with Crippen LogP contribution in [0.2, 0.25) is 0 Å². The van der Waals surface area contributed by atoms with E-state index in [1.54, 1.807) is 0 Å². The van der Waals surface area contributed by atoms with Crippen LogP contribution in [-0.4, -0.2) is 17.6 Å². The van der Waals surface area contributed by atoms with Crippen molar-refractivity contribution >= 4 is 5.91 Å². The SMILES string of the molecule is CC[C](CO)CC(N)=O. The molecule has 0 heterocycles. The molecule has 0 saturated heterocycles. The summed E-state index contributed by atoms with van der Waals surface area (Å²) in [5, 5.41) is 8.53. The largest absolute Gasteiger partial charge is 0.396 e. The molecule has 1 radical (unpaired) electrons. The van der Waals surface area contributed by atoms with Gasteiger partial charge in [-0.1, -0.05) is 6.92 Å². The summed E-state index contributed by atoms with van der Waals surface area (Å²) < 4.78 is 0. The van der Waals surface area contributed by atoms with Crippen LogP contribution in [0.5, 0.6) is 0 Å². The van der Waals surface area contributed by atoms with Crippen LogP contribution in [0.15, 0.2) is 0 Å². The van der Waals surface area contributed by atoms with E-state index < -0.39 is 0 Å². The Labute approximate surface area is 54.9 Å². The summed E-state index contributed by atoms with van der Waals surface area (Å²) in [6.45, 7) is 1.86. The first kappa shape index (κ1) is 8.43. The van der Waals surface area contributed by atoms with E-state index in [0.717, 1.165) is 12.3 Å². The summed E-state index contributed by atoms with van der Waals surface area (Å²) >= 11 is 0. The lowest BCUT2D eigenvalue weighted by Gasteiger charge is -2.05. The molecule has 9 heavy (non-hydrogen) atoms. The standard InChI is InChI=1S/C6H12NO2/c1-2-5(4-8)3-6(7)9/h8H,2-4H2,1H3,(H2,7,9). The van der Waals surface area contributed by atoms with E-state index in [4.69, 9.17) is 10.8 Å². The van der Waals surface area contributed by atoms with Crippen molar-refractivity contribution in [3.63, 3.8) is 0 Å². The van der Waals surface area contributed by atoms with E-state index in [2.05, 4.69) is 0 Å².